The number of aryl methyl sites for hydroxylation is 2. The highest BCUT2D eigenvalue weighted by Crippen LogP contribution is 2.28. The average Bonchev–Trinajstić information content (AvgIpc) is 3.20. The van der Waals surface area contributed by atoms with Crippen LogP contribution in [0.15, 0.2) is 18.2 Å². The molecule has 0 aliphatic heterocycles. The molecular formula is C15H22N2O3S. The van der Waals surface area contributed by atoms with Gasteiger partial charge in [0.25, 0.3) is 5.91 Å². The molecule has 1 aliphatic rings. The van der Waals surface area contributed by atoms with Crippen LogP contribution in [0.2, 0.25) is 0 Å². The summed E-state index contributed by atoms with van der Waals surface area (Å²) in [5.41, 5.74) is 2.82. The van der Waals surface area contributed by atoms with Gasteiger partial charge in [-0.15, -0.1) is 0 Å². The number of hydrogen-bond donors (Lipinski definition) is 1. The molecule has 0 spiro atoms. The summed E-state index contributed by atoms with van der Waals surface area (Å²) in [5.74, 6) is -0.164. The molecule has 1 fully saturated rings. The monoisotopic (exact) mass is 310 g/mol. The molecule has 1 amide bonds. The molecule has 1 aromatic carbocycles. The fraction of sp³-hybridized carbons (Fsp3) is 0.533. The van der Waals surface area contributed by atoms with Gasteiger partial charge in [0.05, 0.1) is 6.26 Å². The van der Waals surface area contributed by atoms with Crippen LogP contribution in [0.3, 0.4) is 0 Å². The number of rotatable bonds is 6. The number of nitrogens with one attached hydrogen (secondary N) is 1. The topological polar surface area (TPSA) is 66.5 Å². The molecule has 1 aliphatic carbocycles. The molecule has 1 aromatic rings. The lowest BCUT2D eigenvalue weighted by molar-refractivity contribution is 0.0951. The molecule has 2 rings (SSSR count). The molecule has 1 N–H and O–H groups in total. The van der Waals surface area contributed by atoms with Crippen molar-refractivity contribution in [2.45, 2.75) is 32.7 Å². The molecule has 0 bridgehead atoms. The normalized spacial score (nSPS) is 15.2. The highest BCUT2D eigenvalue weighted by molar-refractivity contribution is 7.88. The summed E-state index contributed by atoms with van der Waals surface area (Å²) in [6, 6.07) is 5.67. The quantitative estimate of drug-likeness (QED) is 0.865. The van der Waals surface area contributed by atoms with E-state index in [2.05, 4.69) is 5.32 Å². The second kappa shape index (κ2) is 6.15. The predicted octanol–water partition coefficient (Wildman–Crippen LogP) is 1.46. The van der Waals surface area contributed by atoms with Crippen LogP contribution in [0.25, 0.3) is 0 Å². The van der Waals surface area contributed by atoms with Gasteiger partial charge in [0.15, 0.2) is 0 Å². The van der Waals surface area contributed by atoms with Crippen molar-refractivity contribution >= 4 is 15.9 Å². The second-order valence-corrected chi connectivity index (χ2v) is 7.59. The van der Waals surface area contributed by atoms with Crippen LogP contribution >= 0.6 is 0 Å². The van der Waals surface area contributed by atoms with Crippen LogP contribution < -0.4 is 5.32 Å². The van der Waals surface area contributed by atoms with E-state index in [1.54, 1.807) is 6.07 Å². The minimum absolute atomic E-state index is 0.124. The van der Waals surface area contributed by atoms with Crippen molar-refractivity contribution in [3.8, 4) is 0 Å². The molecular weight excluding hydrogens is 288 g/mol. The molecule has 6 heteroatoms. The van der Waals surface area contributed by atoms with E-state index in [0.717, 1.165) is 24.0 Å². The Morgan fingerprint density at radius 2 is 1.95 bits per heavy atom. The minimum Gasteiger partial charge on any atom is -0.351 e. The van der Waals surface area contributed by atoms with Crippen LogP contribution in [0, 0.1) is 13.8 Å². The highest BCUT2D eigenvalue weighted by atomic mass is 32.2. The molecule has 116 valence electrons. The molecule has 0 aromatic heterocycles. The minimum atomic E-state index is -3.19. The molecule has 21 heavy (non-hydrogen) atoms. The van der Waals surface area contributed by atoms with Crippen molar-refractivity contribution in [3.63, 3.8) is 0 Å². The molecule has 1 saturated carbocycles. The number of hydrogen-bond acceptors (Lipinski definition) is 3. The lowest BCUT2D eigenvalue weighted by atomic mass is 10.1. The van der Waals surface area contributed by atoms with Gasteiger partial charge in [-0.3, -0.25) is 4.79 Å². The number of sulfonamides is 1. The first kappa shape index (κ1) is 16.0. The van der Waals surface area contributed by atoms with E-state index >= 15 is 0 Å². The van der Waals surface area contributed by atoms with Crippen molar-refractivity contribution in [2.75, 3.05) is 19.3 Å². The summed E-state index contributed by atoms with van der Waals surface area (Å²) < 4.78 is 24.8. The van der Waals surface area contributed by atoms with Crippen LogP contribution in [-0.4, -0.2) is 44.0 Å². The zero-order valence-electron chi connectivity index (χ0n) is 12.7. The largest absolute Gasteiger partial charge is 0.351 e. The van der Waals surface area contributed by atoms with E-state index in [4.69, 9.17) is 0 Å². The molecule has 0 atom stereocenters. The van der Waals surface area contributed by atoms with E-state index in [0.29, 0.717) is 18.7 Å². The van der Waals surface area contributed by atoms with E-state index < -0.39 is 10.0 Å². The smallest absolute Gasteiger partial charge is 0.251 e. The predicted molar refractivity (Wildman–Crippen MR) is 82.8 cm³/mol. The Hall–Kier alpha value is -1.40. The Balaban J connectivity index is 1.90. The fourth-order valence-electron chi connectivity index (χ4n) is 2.25. The van der Waals surface area contributed by atoms with Gasteiger partial charge < -0.3 is 5.32 Å². The van der Waals surface area contributed by atoms with Crippen molar-refractivity contribution in [3.05, 3.63) is 34.9 Å². The SMILES string of the molecule is Cc1ccc(C(=O)NCCN(C2CC2)S(C)(=O)=O)cc1C. The van der Waals surface area contributed by atoms with Crippen molar-refractivity contribution < 1.29 is 13.2 Å². The fourth-order valence-corrected chi connectivity index (χ4v) is 3.42. The van der Waals surface area contributed by atoms with Gasteiger partial charge in [0.2, 0.25) is 10.0 Å². The maximum atomic E-state index is 12.0. The summed E-state index contributed by atoms with van der Waals surface area (Å²) >= 11 is 0. The third kappa shape index (κ3) is 4.28. The lowest BCUT2D eigenvalue weighted by Crippen LogP contribution is -2.39. The maximum absolute atomic E-state index is 12.0. The highest BCUT2D eigenvalue weighted by Gasteiger charge is 2.34. The maximum Gasteiger partial charge on any atom is 0.251 e. The van der Waals surface area contributed by atoms with Crippen LogP contribution in [-0.2, 0) is 10.0 Å². The third-order valence-corrected chi connectivity index (χ3v) is 5.10. The standard InChI is InChI=1S/C15H22N2O3S/c1-11-4-5-13(10-12(11)2)15(18)16-8-9-17(14-6-7-14)21(3,19)20/h4-5,10,14H,6-9H2,1-3H3,(H,16,18). The van der Waals surface area contributed by atoms with Crippen LogP contribution in [0.1, 0.15) is 34.3 Å². The zero-order valence-corrected chi connectivity index (χ0v) is 13.5. The van der Waals surface area contributed by atoms with Gasteiger partial charge in [-0.1, -0.05) is 6.07 Å². The van der Waals surface area contributed by atoms with Gasteiger partial charge in [0, 0.05) is 24.7 Å². The summed E-state index contributed by atoms with van der Waals surface area (Å²) in [5, 5.41) is 2.79. The molecule has 5 nitrogen and oxygen atoms in total. The van der Waals surface area contributed by atoms with Crippen LogP contribution in [0.4, 0.5) is 0 Å². The summed E-state index contributed by atoms with van der Waals surface area (Å²) in [6.07, 6.45) is 3.05. The second-order valence-electron chi connectivity index (χ2n) is 5.66. The number of nitrogens with zero attached hydrogens (tertiary/aromatic N) is 1. The first-order chi connectivity index (χ1) is 9.79. The molecule has 0 saturated heterocycles. The van der Waals surface area contributed by atoms with Gasteiger partial charge in [0.1, 0.15) is 0 Å². The zero-order chi connectivity index (χ0) is 15.6. The Kier molecular flexibility index (Phi) is 4.68. The summed E-state index contributed by atoms with van der Waals surface area (Å²) in [7, 11) is -3.19. The van der Waals surface area contributed by atoms with Crippen molar-refractivity contribution in [2.24, 2.45) is 0 Å². The van der Waals surface area contributed by atoms with Gasteiger partial charge >= 0.3 is 0 Å². The number of carbonyl (C=O) groups excluding carboxylic acids is 1. The van der Waals surface area contributed by atoms with Gasteiger partial charge in [-0.05, 0) is 49.9 Å². The van der Waals surface area contributed by atoms with Crippen molar-refractivity contribution in [1.29, 1.82) is 0 Å². The third-order valence-electron chi connectivity index (χ3n) is 3.77. The Bertz CT molecular complexity index is 636. The van der Waals surface area contributed by atoms with Gasteiger partial charge in [-0.2, -0.15) is 4.31 Å². The lowest BCUT2D eigenvalue weighted by Gasteiger charge is -2.19. The molecule has 0 heterocycles. The number of amides is 1. The molecule has 0 unspecified atom stereocenters. The van der Waals surface area contributed by atoms with E-state index in [1.165, 1.54) is 10.6 Å². The summed E-state index contributed by atoms with van der Waals surface area (Å²) in [6.45, 7) is 4.62. The van der Waals surface area contributed by atoms with E-state index in [9.17, 15) is 13.2 Å². The number of benzene rings is 1. The van der Waals surface area contributed by atoms with Gasteiger partial charge in [-0.25, -0.2) is 8.42 Å². The van der Waals surface area contributed by atoms with E-state index in [-0.39, 0.29) is 11.9 Å². The Morgan fingerprint density at radius 1 is 1.29 bits per heavy atom. The van der Waals surface area contributed by atoms with E-state index in [1.807, 2.05) is 26.0 Å². The Morgan fingerprint density at radius 3 is 2.48 bits per heavy atom. The number of carbonyl (C=O) groups is 1. The van der Waals surface area contributed by atoms with Crippen LogP contribution in [0.5, 0.6) is 0 Å². The first-order valence-electron chi connectivity index (χ1n) is 7.11. The molecule has 0 radical (unpaired) electrons. The Labute approximate surface area is 126 Å². The summed E-state index contributed by atoms with van der Waals surface area (Å²) in [4.78, 5) is 12.0. The first-order valence-corrected chi connectivity index (χ1v) is 8.96. The average molecular weight is 310 g/mol. The van der Waals surface area contributed by atoms with Crippen molar-refractivity contribution in [1.82, 2.24) is 9.62 Å².